The minimum Gasteiger partial charge on any atom is -0.497 e. The van der Waals surface area contributed by atoms with Gasteiger partial charge < -0.3 is 19.2 Å². The molecule has 0 saturated heterocycles. The number of benzene rings is 2. The first-order valence-electron chi connectivity index (χ1n) is 8.21. The zero-order chi connectivity index (χ0) is 19.1. The maximum Gasteiger partial charge on any atom is 0.277 e. The smallest absolute Gasteiger partial charge is 0.277 e. The van der Waals surface area contributed by atoms with Crippen molar-refractivity contribution in [3.05, 3.63) is 60.0 Å². The molecule has 0 atom stereocenters. The third-order valence-corrected chi connectivity index (χ3v) is 4.30. The molecule has 140 valence electrons. The maximum atomic E-state index is 12.0. The van der Waals surface area contributed by atoms with Crippen molar-refractivity contribution in [2.45, 2.75) is 18.8 Å². The predicted molar refractivity (Wildman–Crippen MR) is 102 cm³/mol. The number of amides is 1. The van der Waals surface area contributed by atoms with Gasteiger partial charge in [-0.25, -0.2) is 0 Å². The van der Waals surface area contributed by atoms with Crippen molar-refractivity contribution >= 4 is 23.4 Å². The van der Waals surface area contributed by atoms with Crippen molar-refractivity contribution in [2.24, 2.45) is 0 Å². The molecule has 0 spiro atoms. The van der Waals surface area contributed by atoms with Crippen molar-refractivity contribution < 1.29 is 18.7 Å². The largest absolute Gasteiger partial charge is 0.497 e. The third-order valence-electron chi connectivity index (χ3n) is 3.48. The van der Waals surface area contributed by atoms with Crippen molar-refractivity contribution in [2.75, 3.05) is 18.2 Å². The second-order valence-electron chi connectivity index (χ2n) is 5.64. The van der Waals surface area contributed by atoms with E-state index in [2.05, 4.69) is 15.5 Å². The molecule has 0 aliphatic rings. The first kappa shape index (κ1) is 18.8. The minimum atomic E-state index is -0.177. The standard InChI is InChI=1S/C19H19N3O4S/c1-13-5-3-8-16(9-13)25-11-18-21-22-19(26-18)27-12-17(23)20-14-6-4-7-15(10-14)24-2/h3-10H,11-12H2,1-2H3,(H,20,23). The van der Waals surface area contributed by atoms with Crippen LogP contribution in [0.25, 0.3) is 0 Å². The molecule has 7 nitrogen and oxygen atoms in total. The summed E-state index contributed by atoms with van der Waals surface area (Å²) < 4.78 is 16.2. The molecule has 8 heteroatoms. The molecule has 1 heterocycles. The molecule has 0 aliphatic carbocycles. The highest BCUT2D eigenvalue weighted by molar-refractivity contribution is 7.99. The summed E-state index contributed by atoms with van der Waals surface area (Å²) in [5.41, 5.74) is 1.77. The molecule has 0 saturated carbocycles. The highest BCUT2D eigenvalue weighted by Crippen LogP contribution is 2.20. The van der Waals surface area contributed by atoms with E-state index in [1.165, 1.54) is 0 Å². The minimum absolute atomic E-state index is 0.150. The highest BCUT2D eigenvalue weighted by Gasteiger charge is 2.11. The fourth-order valence-corrected chi connectivity index (χ4v) is 2.81. The van der Waals surface area contributed by atoms with E-state index < -0.39 is 0 Å². The summed E-state index contributed by atoms with van der Waals surface area (Å²) in [7, 11) is 1.58. The number of methoxy groups -OCH3 is 1. The number of anilines is 1. The van der Waals surface area contributed by atoms with E-state index in [9.17, 15) is 4.79 Å². The van der Waals surface area contributed by atoms with Crippen LogP contribution in [-0.2, 0) is 11.4 Å². The Morgan fingerprint density at radius 1 is 1.15 bits per heavy atom. The van der Waals surface area contributed by atoms with Gasteiger partial charge in [0.25, 0.3) is 11.1 Å². The lowest BCUT2D eigenvalue weighted by atomic mass is 10.2. The quantitative estimate of drug-likeness (QED) is 0.592. The Bertz CT molecular complexity index is 913. The predicted octanol–water partition coefficient (Wildman–Crippen LogP) is 3.70. The zero-order valence-electron chi connectivity index (χ0n) is 15.0. The number of aromatic nitrogens is 2. The molecule has 0 radical (unpaired) electrons. The van der Waals surface area contributed by atoms with Gasteiger partial charge in [-0.05, 0) is 36.8 Å². The first-order valence-corrected chi connectivity index (χ1v) is 9.19. The Balaban J connectivity index is 1.46. The number of carbonyl (C=O) groups excluding carboxylic acids is 1. The number of nitrogens with zero attached hydrogens (tertiary/aromatic N) is 2. The molecule has 3 rings (SSSR count). The topological polar surface area (TPSA) is 86.5 Å². The van der Waals surface area contributed by atoms with Gasteiger partial charge in [0.15, 0.2) is 6.61 Å². The van der Waals surface area contributed by atoms with Crippen LogP contribution in [0.1, 0.15) is 11.5 Å². The van der Waals surface area contributed by atoms with E-state index in [-0.39, 0.29) is 18.3 Å². The number of aryl methyl sites for hydroxylation is 1. The van der Waals surface area contributed by atoms with Gasteiger partial charge in [0.2, 0.25) is 5.91 Å². The van der Waals surface area contributed by atoms with Crippen LogP contribution in [0.5, 0.6) is 11.5 Å². The number of hydrogen-bond donors (Lipinski definition) is 1. The molecule has 1 amide bonds. The van der Waals surface area contributed by atoms with Gasteiger partial charge in [-0.2, -0.15) is 0 Å². The Labute approximate surface area is 161 Å². The molecular weight excluding hydrogens is 366 g/mol. The van der Waals surface area contributed by atoms with Crippen LogP contribution < -0.4 is 14.8 Å². The molecule has 1 N–H and O–H groups in total. The number of thioether (sulfide) groups is 1. The van der Waals surface area contributed by atoms with Crippen LogP contribution in [0.2, 0.25) is 0 Å². The van der Waals surface area contributed by atoms with Crippen LogP contribution >= 0.6 is 11.8 Å². The number of hydrogen-bond acceptors (Lipinski definition) is 7. The average molecular weight is 385 g/mol. The molecule has 2 aromatic carbocycles. The fourth-order valence-electron chi connectivity index (χ4n) is 2.23. The summed E-state index contributed by atoms with van der Waals surface area (Å²) in [5, 5.41) is 11.0. The van der Waals surface area contributed by atoms with Gasteiger partial charge in [0.1, 0.15) is 11.5 Å². The normalized spacial score (nSPS) is 10.4. The van der Waals surface area contributed by atoms with Crippen LogP contribution in [0, 0.1) is 6.92 Å². The van der Waals surface area contributed by atoms with Crippen LogP contribution in [0.3, 0.4) is 0 Å². The van der Waals surface area contributed by atoms with E-state index >= 15 is 0 Å². The average Bonchev–Trinajstić information content (AvgIpc) is 3.13. The Morgan fingerprint density at radius 3 is 2.78 bits per heavy atom. The van der Waals surface area contributed by atoms with Gasteiger partial charge in [0.05, 0.1) is 12.9 Å². The van der Waals surface area contributed by atoms with Gasteiger partial charge in [-0.3, -0.25) is 4.79 Å². The lowest BCUT2D eigenvalue weighted by Gasteiger charge is -2.06. The molecule has 0 aliphatic heterocycles. The maximum absolute atomic E-state index is 12.0. The molecule has 0 unspecified atom stereocenters. The van der Waals surface area contributed by atoms with Gasteiger partial charge in [-0.1, -0.05) is 30.0 Å². The van der Waals surface area contributed by atoms with Crippen molar-refractivity contribution in [3.63, 3.8) is 0 Å². The Hall–Kier alpha value is -3.00. The van der Waals surface area contributed by atoms with Gasteiger partial charge in [0, 0.05) is 11.8 Å². The van der Waals surface area contributed by atoms with Crippen molar-refractivity contribution in [3.8, 4) is 11.5 Å². The van der Waals surface area contributed by atoms with E-state index in [1.807, 2.05) is 37.3 Å². The Kier molecular flexibility index (Phi) is 6.32. The SMILES string of the molecule is COc1cccc(NC(=O)CSc2nnc(COc3cccc(C)c3)o2)c1. The monoisotopic (exact) mass is 385 g/mol. The number of rotatable bonds is 8. The second kappa shape index (κ2) is 9.09. The van der Waals surface area contributed by atoms with Crippen LogP contribution in [0.15, 0.2) is 58.2 Å². The summed E-state index contributed by atoms with van der Waals surface area (Å²) in [5.74, 6) is 1.74. The number of carbonyl (C=O) groups is 1. The molecule has 0 bridgehead atoms. The van der Waals surface area contributed by atoms with E-state index in [4.69, 9.17) is 13.9 Å². The molecule has 3 aromatic rings. The highest BCUT2D eigenvalue weighted by atomic mass is 32.2. The zero-order valence-corrected chi connectivity index (χ0v) is 15.8. The fraction of sp³-hybridized carbons (Fsp3) is 0.211. The van der Waals surface area contributed by atoms with Crippen LogP contribution in [-0.4, -0.2) is 29.0 Å². The van der Waals surface area contributed by atoms with E-state index in [1.54, 1.807) is 25.3 Å². The van der Waals surface area contributed by atoms with Gasteiger partial charge in [-0.15, -0.1) is 10.2 Å². The molecule has 27 heavy (non-hydrogen) atoms. The Morgan fingerprint density at radius 2 is 1.96 bits per heavy atom. The van der Waals surface area contributed by atoms with E-state index in [0.717, 1.165) is 23.1 Å². The molecule has 1 aromatic heterocycles. The first-order chi connectivity index (χ1) is 13.1. The van der Waals surface area contributed by atoms with Crippen LogP contribution in [0.4, 0.5) is 5.69 Å². The van der Waals surface area contributed by atoms with Gasteiger partial charge >= 0.3 is 0 Å². The summed E-state index contributed by atoms with van der Waals surface area (Å²) in [4.78, 5) is 12.0. The summed E-state index contributed by atoms with van der Waals surface area (Å²) >= 11 is 1.16. The molecule has 0 fully saturated rings. The van der Waals surface area contributed by atoms with E-state index in [0.29, 0.717) is 22.6 Å². The number of ether oxygens (including phenoxy) is 2. The number of nitrogens with one attached hydrogen (secondary N) is 1. The third kappa shape index (κ3) is 5.75. The molecular formula is C19H19N3O4S. The second-order valence-corrected chi connectivity index (χ2v) is 6.56. The van der Waals surface area contributed by atoms with Crippen molar-refractivity contribution in [1.82, 2.24) is 10.2 Å². The lowest BCUT2D eigenvalue weighted by Crippen LogP contribution is -2.13. The lowest BCUT2D eigenvalue weighted by molar-refractivity contribution is -0.113. The van der Waals surface area contributed by atoms with Crippen molar-refractivity contribution in [1.29, 1.82) is 0 Å². The summed E-state index contributed by atoms with van der Waals surface area (Å²) in [6.45, 7) is 2.16. The summed E-state index contributed by atoms with van der Waals surface area (Å²) in [6, 6.07) is 14.8. The summed E-state index contributed by atoms with van der Waals surface area (Å²) in [6.07, 6.45) is 0.